The number of Topliss-reactive ketones (excluding diaryl/α,β-unsaturated/α-hetero) is 1. The maximum absolute atomic E-state index is 14.1. The molecule has 0 radical (unpaired) electrons. The van der Waals surface area contributed by atoms with E-state index in [9.17, 15) is 33.9 Å². The summed E-state index contributed by atoms with van der Waals surface area (Å²) in [5.41, 5.74) is 4.71. The van der Waals surface area contributed by atoms with Gasteiger partial charge in [0.15, 0.2) is 0 Å². The van der Waals surface area contributed by atoms with Gasteiger partial charge in [0, 0.05) is 50.9 Å². The second kappa shape index (κ2) is 27.4. The predicted molar refractivity (Wildman–Crippen MR) is 242 cm³/mol. The number of hydrogen-bond acceptors (Lipinski definition) is 10. The van der Waals surface area contributed by atoms with E-state index in [1.165, 1.54) is 24.4 Å². The fourth-order valence-electron chi connectivity index (χ4n) is 7.99. The van der Waals surface area contributed by atoms with E-state index in [0.717, 1.165) is 43.1 Å². The van der Waals surface area contributed by atoms with Crippen LogP contribution >= 0.6 is 0 Å². The molecule has 2 aliphatic rings. The number of rotatable bonds is 24. The number of nitrogens with one attached hydrogen (secondary N) is 3. The van der Waals surface area contributed by atoms with E-state index in [2.05, 4.69) is 16.1 Å². The highest BCUT2D eigenvalue weighted by atomic mass is 16.5. The van der Waals surface area contributed by atoms with E-state index < -0.39 is 42.2 Å². The van der Waals surface area contributed by atoms with Gasteiger partial charge in [-0.05, 0) is 82.4 Å². The summed E-state index contributed by atoms with van der Waals surface area (Å²) < 4.78 is 6.15. The monoisotopic (exact) mass is 860 g/mol. The Balaban J connectivity index is 1.75. The normalized spacial score (nSPS) is 19.5. The van der Waals surface area contributed by atoms with Crippen LogP contribution in [0.3, 0.4) is 0 Å². The number of amides is 3. The number of carbonyl (C=O) groups excluding carboxylic acids is 6. The van der Waals surface area contributed by atoms with Gasteiger partial charge in [0.05, 0.1) is 12.1 Å². The van der Waals surface area contributed by atoms with E-state index in [-0.39, 0.29) is 54.2 Å². The first-order chi connectivity index (χ1) is 29.7. The zero-order chi connectivity index (χ0) is 45.6. The molecule has 3 amide bonds. The fourth-order valence-corrected chi connectivity index (χ4v) is 7.99. The summed E-state index contributed by atoms with van der Waals surface area (Å²) in [6, 6.07) is 7.50. The number of hydrogen-bond donors (Lipinski definition) is 4. The van der Waals surface area contributed by atoms with Crippen molar-refractivity contribution < 1.29 is 38.6 Å². The van der Waals surface area contributed by atoms with E-state index >= 15 is 0 Å². The molecule has 1 heterocycles. The fraction of sp³-hybridized carbons (Fsp3) is 0.592. The molecular formula is C49H73N5O8. The first-order valence-corrected chi connectivity index (χ1v) is 22.5. The molecule has 1 aromatic rings. The minimum absolute atomic E-state index is 0.00926. The molecule has 1 saturated heterocycles. The van der Waals surface area contributed by atoms with E-state index in [4.69, 9.17) is 4.74 Å². The summed E-state index contributed by atoms with van der Waals surface area (Å²) in [6.07, 6.45) is 19.7. The Morgan fingerprint density at radius 2 is 1.63 bits per heavy atom. The van der Waals surface area contributed by atoms with Crippen molar-refractivity contribution in [1.82, 2.24) is 26.0 Å². The molecule has 62 heavy (non-hydrogen) atoms. The van der Waals surface area contributed by atoms with Gasteiger partial charge in [-0.25, -0.2) is 5.43 Å². The van der Waals surface area contributed by atoms with Gasteiger partial charge >= 0.3 is 5.97 Å². The zero-order valence-corrected chi connectivity index (χ0v) is 38.1. The molecule has 1 aliphatic carbocycles. The molecule has 342 valence electrons. The highest BCUT2D eigenvalue weighted by Crippen LogP contribution is 2.23. The van der Waals surface area contributed by atoms with Crippen molar-refractivity contribution in [1.29, 1.82) is 0 Å². The van der Waals surface area contributed by atoms with Crippen molar-refractivity contribution in [3.63, 3.8) is 0 Å². The van der Waals surface area contributed by atoms with Crippen molar-refractivity contribution in [2.24, 2.45) is 17.8 Å². The topological polar surface area (TPSA) is 174 Å². The summed E-state index contributed by atoms with van der Waals surface area (Å²) in [6.45, 7) is 9.38. The van der Waals surface area contributed by atoms with Crippen LogP contribution in [0.4, 0.5) is 0 Å². The lowest BCUT2D eigenvalue weighted by Crippen LogP contribution is -2.61. The van der Waals surface area contributed by atoms with E-state index in [1.807, 2.05) is 89.4 Å². The Morgan fingerprint density at radius 1 is 0.952 bits per heavy atom. The van der Waals surface area contributed by atoms with Gasteiger partial charge in [-0.2, -0.15) is 0 Å². The Hall–Kier alpha value is -4.72. The van der Waals surface area contributed by atoms with Crippen molar-refractivity contribution >= 4 is 35.8 Å². The van der Waals surface area contributed by atoms with Crippen LogP contribution in [-0.2, 0) is 39.9 Å². The second-order valence-electron chi connectivity index (χ2n) is 17.3. The first-order valence-electron chi connectivity index (χ1n) is 22.5. The molecule has 13 nitrogen and oxygen atoms in total. The van der Waals surface area contributed by atoms with Gasteiger partial charge in [0.2, 0.25) is 11.8 Å². The lowest BCUT2D eigenvalue weighted by Gasteiger charge is -2.36. The summed E-state index contributed by atoms with van der Waals surface area (Å²) >= 11 is 0. The Labute approximate surface area is 369 Å². The summed E-state index contributed by atoms with van der Waals surface area (Å²) in [5, 5.41) is 18.1. The number of carbonyl (C=O) groups is 6. The van der Waals surface area contributed by atoms with Gasteiger partial charge in [-0.15, -0.1) is 0 Å². The first kappa shape index (κ1) is 51.6. The highest BCUT2D eigenvalue weighted by molar-refractivity contribution is 5.90. The second-order valence-corrected chi connectivity index (χ2v) is 17.3. The van der Waals surface area contributed by atoms with Gasteiger partial charge in [-0.3, -0.25) is 24.2 Å². The average molecular weight is 860 g/mol. The maximum Gasteiger partial charge on any atom is 0.325 e. The zero-order valence-electron chi connectivity index (χ0n) is 38.1. The molecule has 6 unspecified atom stereocenters. The number of hydrazine groups is 1. The molecule has 2 fully saturated rings. The third kappa shape index (κ3) is 17.2. The van der Waals surface area contributed by atoms with E-state index in [0.29, 0.717) is 38.6 Å². The molecule has 0 spiro atoms. The number of esters is 1. The highest BCUT2D eigenvalue weighted by Gasteiger charge is 2.35. The Kier molecular flexibility index (Phi) is 22.8. The number of ether oxygens (including phenoxy) is 1. The van der Waals surface area contributed by atoms with Crippen LogP contribution in [0.25, 0.3) is 0 Å². The van der Waals surface area contributed by atoms with Gasteiger partial charge in [0.1, 0.15) is 30.3 Å². The van der Waals surface area contributed by atoms with Crippen LogP contribution in [0.5, 0.6) is 0 Å². The van der Waals surface area contributed by atoms with Gasteiger partial charge in [-0.1, -0.05) is 107 Å². The molecule has 1 aromatic carbocycles. The van der Waals surface area contributed by atoms with Crippen molar-refractivity contribution in [2.45, 2.75) is 148 Å². The summed E-state index contributed by atoms with van der Waals surface area (Å²) in [4.78, 5) is 79.2. The number of nitrogens with zero attached hydrogens (tertiary/aromatic N) is 2. The minimum Gasteiger partial charge on any atom is -0.456 e. The summed E-state index contributed by atoms with van der Waals surface area (Å²) in [7, 11) is 3.55. The number of benzene rings is 1. The number of allylic oxidation sites excluding steroid dienone is 5. The van der Waals surface area contributed by atoms with Crippen LogP contribution in [0.15, 0.2) is 78.4 Å². The van der Waals surface area contributed by atoms with Crippen LogP contribution in [0.1, 0.15) is 111 Å². The molecule has 3 rings (SSSR count). The minimum atomic E-state index is -0.881. The molecule has 1 aliphatic heterocycles. The Bertz CT molecular complexity index is 1720. The quantitative estimate of drug-likeness (QED) is 0.0435. The number of likely N-dealkylation sites (N-methyl/N-ethyl adjacent to an activating group) is 2. The number of aliphatic hydroxyl groups is 1. The van der Waals surface area contributed by atoms with Crippen molar-refractivity contribution in [2.75, 3.05) is 20.6 Å². The van der Waals surface area contributed by atoms with E-state index in [1.54, 1.807) is 24.1 Å². The average Bonchev–Trinajstić information content (AvgIpc) is 3.26. The lowest BCUT2D eigenvalue weighted by atomic mass is 9.87. The molecule has 13 heteroatoms. The maximum atomic E-state index is 14.1. The number of ketones is 1. The SMILES string of the molecule is CNC(C(=O)NC(Cc1ccccc1)C(=O)N1CCCC(C(=O)O[C@@H](C/C=C/C=C/CC(C)C(O)C(C=O)CCC(C)=O)/C(C)=C/C=C/C(=O)N(C)C2CCCCC2)N1)C(C)C. The van der Waals surface area contributed by atoms with Crippen molar-refractivity contribution in [3.05, 3.63) is 84.0 Å². The number of aldehydes is 1. The lowest BCUT2D eigenvalue weighted by molar-refractivity contribution is -0.156. The third-order valence-electron chi connectivity index (χ3n) is 12.0. The molecule has 7 atom stereocenters. The van der Waals surface area contributed by atoms with Crippen LogP contribution < -0.4 is 16.1 Å². The molecule has 0 aromatic heterocycles. The van der Waals surface area contributed by atoms with Gasteiger partial charge in [0.25, 0.3) is 5.91 Å². The predicted octanol–water partition coefficient (Wildman–Crippen LogP) is 5.73. The molecule has 1 saturated carbocycles. The standard InChI is InChI=1S/C49H73N5O8/c1-34(2)45(50-6)47(59)51-42(32-38-22-13-10-14-23-38)48(60)54-31-19-26-41(52-54)49(61)62-43(35(3)21-18-28-44(57)53(7)40-24-15-11-16-25-40)27-17-9-8-12-20-36(4)46(58)39(33-55)30-29-37(5)56/h8-10,12-14,17-18,21-23,28,33-34,36,39-43,45-46,50,52,58H,11,15-16,19-20,24-27,29-32H2,1-7H3,(H,51,59)/b12-8+,17-9+,28-18+,35-21+/t36?,39?,41?,42?,43-,45?,46?/m0/s1. The van der Waals surface area contributed by atoms with Gasteiger partial charge < -0.3 is 35.0 Å². The van der Waals surface area contributed by atoms with Crippen LogP contribution in [-0.4, -0.2) is 108 Å². The van der Waals surface area contributed by atoms with Crippen LogP contribution in [0.2, 0.25) is 0 Å². The number of aliphatic hydroxyl groups excluding tert-OH is 1. The summed E-state index contributed by atoms with van der Waals surface area (Å²) in [5.74, 6) is -2.10. The molecule has 0 bridgehead atoms. The van der Waals surface area contributed by atoms with Crippen LogP contribution in [0, 0.1) is 17.8 Å². The largest absolute Gasteiger partial charge is 0.456 e. The Morgan fingerprint density at radius 3 is 2.26 bits per heavy atom. The molecular weight excluding hydrogens is 787 g/mol. The third-order valence-corrected chi connectivity index (χ3v) is 12.0. The van der Waals surface area contributed by atoms with Crippen molar-refractivity contribution in [3.8, 4) is 0 Å². The molecule has 4 N–H and O–H groups in total. The smallest absolute Gasteiger partial charge is 0.325 e.